The van der Waals surface area contributed by atoms with E-state index >= 15 is 0 Å². The number of nitriles is 1. The molecule has 2 heterocycles. The standard InChI is InChI=1S/C23H24N6O4S/c1-28-19-17(13-26-27-21(19)33-14-23(8-9-23)34-29(2)32-3)10-18(22(28)31)20(30)25-12-16-6-4-15(11-24)5-7-16/h4-7,10,13H,8-9,12,14H2,1-3H3,(H,25,30). The summed E-state index contributed by atoms with van der Waals surface area (Å²) in [5.41, 5.74) is 1.37. The van der Waals surface area contributed by atoms with Crippen LogP contribution >= 0.6 is 11.9 Å². The molecule has 3 aromatic rings. The maximum absolute atomic E-state index is 13.0. The summed E-state index contributed by atoms with van der Waals surface area (Å²) < 4.78 is 8.94. The van der Waals surface area contributed by atoms with Gasteiger partial charge in [0.25, 0.3) is 17.3 Å². The summed E-state index contributed by atoms with van der Waals surface area (Å²) in [4.78, 5) is 31.0. The molecule has 0 aliphatic heterocycles. The van der Waals surface area contributed by atoms with Crippen molar-refractivity contribution in [1.82, 2.24) is 24.5 Å². The van der Waals surface area contributed by atoms with Crippen molar-refractivity contribution in [3.63, 3.8) is 0 Å². The highest BCUT2D eigenvalue weighted by atomic mass is 32.2. The molecule has 0 spiro atoms. The molecule has 1 amide bonds. The quantitative estimate of drug-likeness (QED) is 0.363. The number of nitrogens with zero attached hydrogens (tertiary/aromatic N) is 5. The Morgan fingerprint density at radius 3 is 2.74 bits per heavy atom. The van der Waals surface area contributed by atoms with Crippen LogP contribution in [-0.4, -0.2) is 50.7 Å². The molecule has 1 saturated carbocycles. The number of rotatable bonds is 9. The first-order chi connectivity index (χ1) is 16.4. The second-order valence-electron chi connectivity index (χ2n) is 8.05. The highest BCUT2D eigenvalue weighted by Crippen LogP contribution is 2.49. The second-order valence-corrected chi connectivity index (χ2v) is 9.62. The molecule has 1 fully saturated rings. The molecule has 1 aliphatic rings. The fraction of sp³-hybridized carbons (Fsp3) is 0.348. The Morgan fingerprint density at radius 1 is 1.35 bits per heavy atom. The summed E-state index contributed by atoms with van der Waals surface area (Å²) in [6, 6.07) is 10.4. The van der Waals surface area contributed by atoms with Gasteiger partial charge in [-0.05, 0) is 48.6 Å². The predicted octanol–water partition coefficient (Wildman–Crippen LogP) is 2.18. The smallest absolute Gasteiger partial charge is 0.263 e. The van der Waals surface area contributed by atoms with E-state index < -0.39 is 11.5 Å². The first-order valence-electron chi connectivity index (χ1n) is 10.6. The number of aryl methyl sites for hydroxylation is 1. The first kappa shape index (κ1) is 23.7. The number of nitrogens with one attached hydrogen (secondary N) is 1. The third-order valence-corrected chi connectivity index (χ3v) is 6.95. The molecule has 1 aromatic carbocycles. The van der Waals surface area contributed by atoms with Gasteiger partial charge in [-0.15, -0.1) is 9.57 Å². The number of carbonyl (C=O) groups is 1. The van der Waals surface area contributed by atoms with Crippen LogP contribution in [-0.2, 0) is 18.4 Å². The summed E-state index contributed by atoms with van der Waals surface area (Å²) in [6.07, 6.45) is 3.46. The van der Waals surface area contributed by atoms with Gasteiger partial charge in [0.15, 0.2) is 0 Å². The van der Waals surface area contributed by atoms with Gasteiger partial charge in [-0.3, -0.25) is 14.4 Å². The van der Waals surface area contributed by atoms with Crippen molar-refractivity contribution in [3.05, 3.63) is 63.6 Å². The number of hydrogen-bond donors (Lipinski definition) is 1. The number of benzene rings is 1. The van der Waals surface area contributed by atoms with Crippen molar-refractivity contribution in [2.24, 2.45) is 7.05 Å². The molecule has 0 atom stereocenters. The SMILES string of the molecule is CON(C)SC1(COc2nncc3cc(C(=O)NCc4ccc(C#N)cc4)c(=O)n(C)c23)CC1. The van der Waals surface area contributed by atoms with Crippen LogP contribution in [0.2, 0.25) is 0 Å². The lowest BCUT2D eigenvalue weighted by atomic mass is 10.1. The summed E-state index contributed by atoms with van der Waals surface area (Å²) in [6.45, 7) is 0.616. The van der Waals surface area contributed by atoms with E-state index in [4.69, 9.17) is 14.8 Å². The van der Waals surface area contributed by atoms with Gasteiger partial charge in [-0.25, -0.2) is 0 Å². The number of hydroxylamine groups is 1. The summed E-state index contributed by atoms with van der Waals surface area (Å²) in [7, 11) is 5.02. The molecule has 10 nitrogen and oxygen atoms in total. The van der Waals surface area contributed by atoms with Crippen LogP contribution in [0.4, 0.5) is 0 Å². The molecule has 1 N–H and O–H groups in total. The van der Waals surface area contributed by atoms with E-state index in [0.29, 0.717) is 23.1 Å². The average molecular weight is 481 g/mol. The minimum Gasteiger partial charge on any atom is -0.474 e. The highest BCUT2D eigenvalue weighted by Gasteiger charge is 2.46. The second kappa shape index (κ2) is 9.80. The maximum atomic E-state index is 13.0. The Morgan fingerprint density at radius 2 is 2.09 bits per heavy atom. The number of pyridine rings is 1. The number of aromatic nitrogens is 3. The third-order valence-electron chi connectivity index (χ3n) is 5.63. The minimum absolute atomic E-state index is 0.00136. The van der Waals surface area contributed by atoms with Crippen LogP contribution in [0.5, 0.6) is 5.88 Å². The van der Waals surface area contributed by atoms with Gasteiger partial charge < -0.3 is 14.6 Å². The fourth-order valence-electron chi connectivity index (χ4n) is 3.46. The molecular formula is C23H24N6O4S. The lowest BCUT2D eigenvalue weighted by Crippen LogP contribution is -2.32. The zero-order valence-electron chi connectivity index (χ0n) is 19.1. The normalized spacial score (nSPS) is 14.1. The number of fused-ring (bicyclic) bond motifs is 1. The molecular weight excluding hydrogens is 456 g/mol. The Bertz CT molecular complexity index is 1310. The first-order valence-corrected chi connectivity index (χ1v) is 11.4. The molecule has 34 heavy (non-hydrogen) atoms. The van der Waals surface area contributed by atoms with Gasteiger partial charge in [0.1, 0.15) is 17.7 Å². The van der Waals surface area contributed by atoms with Crippen LogP contribution < -0.4 is 15.6 Å². The number of carbonyl (C=O) groups excluding carboxylic acids is 1. The monoisotopic (exact) mass is 480 g/mol. The van der Waals surface area contributed by atoms with E-state index in [1.54, 1.807) is 54.8 Å². The van der Waals surface area contributed by atoms with Gasteiger partial charge >= 0.3 is 0 Å². The molecule has 0 bridgehead atoms. The molecule has 176 valence electrons. The minimum atomic E-state index is -0.498. The van der Waals surface area contributed by atoms with Crippen molar-refractivity contribution in [3.8, 4) is 11.9 Å². The zero-order chi connectivity index (χ0) is 24.3. The van der Waals surface area contributed by atoms with Crippen LogP contribution in [0.3, 0.4) is 0 Å². The molecule has 0 radical (unpaired) electrons. The van der Waals surface area contributed by atoms with E-state index in [1.807, 2.05) is 13.1 Å². The Kier molecular flexibility index (Phi) is 6.83. The van der Waals surface area contributed by atoms with Crippen molar-refractivity contribution in [2.45, 2.75) is 24.1 Å². The molecule has 11 heteroatoms. The van der Waals surface area contributed by atoms with Crippen LogP contribution in [0, 0.1) is 11.3 Å². The predicted molar refractivity (Wildman–Crippen MR) is 127 cm³/mol. The summed E-state index contributed by atoms with van der Waals surface area (Å²) >= 11 is 1.56. The van der Waals surface area contributed by atoms with Gasteiger partial charge in [-0.1, -0.05) is 12.1 Å². The van der Waals surface area contributed by atoms with E-state index in [2.05, 4.69) is 15.5 Å². The molecule has 2 aromatic heterocycles. The van der Waals surface area contributed by atoms with E-state index in [9.17, 15) is 9.59 Å². The van der Waals surface area contributed by atoms with Crippen LogP contribution in [0.1, 0.15) is 34.3 Å². The van der Waals surface area contributed by atoms with Crippen molar-refractivity contribution in [2.75, 3.05) is 20.8 Å². The number of ether oxygens (including phenoxy) is 1. The Labute approximate surface area is 200 Å². The van der Waals surface area contributed by atoms with Crippen LogP contribution in [0.25, 0.3) is 10.9 Å². The molecule has 0 saturated heterocycles. The van der Waals surface area contributed by atoms with Crippen LogP contribution in [0.15, 0.2) is 41.3 Å². The van der Waals surface area contributed by atoms with Gasteiger partial charge in [-0.2, -0.15) is 10.4 Å². The summed E-state index contributed by atoms with van der Waals surface area (Å²) in [5, 5.41) is 20.3. The van der Waals surface area contributed by atoms with Gasteiger partial charge in [0.2, 0.25) is 0 Å². The lowest BCUT2D eigenvalue weighted by molar-refractivity contribution is -0.0158. The maximum Gasteiger partial charge on any atom is 0.263 e. The van der Waals surface area contributed by atoms with E-state index in [0.717, 1.165) is 18.4 Å². The largest absolute Gasteiger partial charge is 0.474 e. The van der Waals surface area contributed by atoms with Gasteiger partial charge in [0.05, 0.1) is 29.7 Å². The highest BCUT2D eigenvalue weighted by molar-refractivity contribution is 7.98. The Hall–Kier alpha value is -3.46. The molecule has 4 rings (SSSR count). The topological polar surface area (TPSA) is 122 Å². The van der Waals surface area contributed by atoms with E-state index in [1.165, 1.54) is 16.8 Å². The average Bonchev–Trinajstić information content (AvgIpc) is 3.62. The summed E-state index contributed by atoms with van der Waals surface area (Å²) in [5.74, 6) is -0.254. The third kappa shape index (κ3) is 5.04. The molecule has 1 aliphatic carbocycles. The van der Waals surface area contributed by atoms with Crippen molar-refractivity contribution in [1.29, 1.82) is 5.26 Å². The number of hydrogen-bond acceptors (Lipinski definition) is 9. The van der Waals surface area contributed by atoms with Crippen molar-refractivity contribution >= 4 is 28.8 Å². The molecule has 0 unspecified atom stereocenters. The lowest BCUT2D eigenvalue weighted by Gasteiger charge is -2.21. The van der Waals surface area contributed by atoms with Gasteiger partial charge in [0, 0.05) is 26.0 Å². The fourth-order valence-corrected chi connectivity index (χ4v) is 4.48. The van der Waals surface area contributed by atoms with Crippen molar-refractivity contribution < 1.29 is 14.4 Å². The number of amides is 1. The zero-order valence-corrected chi connectivity index (χ0v) is 19.9. The Balaban J connectivity index is 1.53. The van der Waals surface area contributed by atoms with E-state index in [-0.39, 0.29) is 22.7 Å².